The summed E-state index contributed by atoms with van der Waals surface area (Å²) < 4.78 is 29.1. The lowest BCUT2D eigenvalue weighted by molar-refractivity contribution is -0.114. The quantitative estimate of drug-likeness (QED) is 0.569. The van der Waals surface area contributed by atoms with Crippen LogP contribution in [-0.2, 0) is 4.79 Å². The van der Waals surface area contributed by atoms with Crippen molar-refractivity contribution in [3.63, 3.8) is 0 Å². The lowest BCUT2D eigenvalue weighted by Gasteiger charge is -2.36. The summed E-state index contributed by atoms with van der Waals surface area (Å²) in [6.07, 6.45) is 3.81. The molecule has 1 saturated heterocycles. The van der Waals surface area contributed by atoms with Crippen LogP contribution in [0.2, 0.25) is 0 Å². The number of carbonyl (C=O) groups excluding carboxylic acids is 1. The van der Waals surface area contributed by atoms with Crippen molar-refractivity contribution in [2.75, 3.05) is 59.0 Å². The molecule has 0 amide bonds. The zero-order valence-corrected chi connectivity index (χ0v) is 18.3. The van der Waals surface area contributed by atoms with Crippen molar-refractivity contribution in [2.45, 2.75) is 6.42 Å². The minimum Gasteiger partial charge on any atom is -0.493 e. The molecular weight excluding hydrogens is 399 g/mol. The van der Waals surface area contributed by atoms with Crippen molar-refractivity contribution in [1.82, 2.24) is 4.90 Å². The Hall–Kier alpha value is -3.06. The van der Waals surface area contributed by atoms with Crippen LogP contribution in [0.3, 0.4) is 0 Å². The van der Waals surface area contributed by atoms with Gasteiger partial charge in [0.05, 0.1) is 21.3 Å². The maximum absolute atomic E-state index is 13.1. The fourth-order valence-electron chi connectivity index (χ4n) is 3.62. The van der Waals surface area contributed by atoms with E-state index >= 15 is 0 Å². The number of hydrogen-bond donors (Lipinski definition) is 0. The number of halogens is 1. The zero-order chi connectivity index (χ0) is 22.2. The topological polar surface area (TPSA) is 51.2 Å². The van der Waals surface area contributed by atoms with Crippen molar-refractivity contribution < 1.29 is 23.4 Å². The first kappa shape index (κ1) is 22.6. The highest BCUT2D eigenvalue weighted by Gasteiger charge is 2.17. The van der Waals surface area contributed by atoms with E-state index in [9.17, 15) is 9.18 Å². The van der Waals surface area contributed by atoms with E-state index in [-0.39, 0.29) is 11.6 Å². The third-order valence-electron chi connectivity index (χ3n) is 5.39. The Morgan fingerprint density at radius 1 is 0.968 bits per heavy atom. The molecule has 0 aromatic heterocycles. The molecule has 1 fully saturated rings. The second-order valence-corrected chi connectivity index (χ2v) is 7.31. The van der Waals surface area contributed by atoms with Crippen LogP contribution < -0.4 is 19.1 Å². The molecule has 3 rings (SSSR count). The van der Waals surface area contributed by atoms with Gasteiger partial charge in [-0.2, -0.15) is 0 Å². The van der Waals surface area contributed by atoms with Crippen LogP contribution in [0.1, 0.15) is 12.0 Å². The number of carbonyl (C=O) groups is 1. The number of benzene rings is 2. The number of rotatable bonds is 9. The standard InChI is InChI=1S/C24H29FN2O4/c1-29-22-16-18(17-23(30-2)24(22)31-3)4-9-21(28)10-11-26-12-14-27(15-13-26)20-7-5-19(25)6-8-20/h4-9,16-17H,10-15H2,1-3H3/b9-4+. The monoisotopic (exact) mass is 428 g/mol. The number of methoxy groups -OCH3 is 3. The number of ketones is 1. The van der Waals surface area contributed by atoms with Crippen LogP contribution in [0.25, 0.3) is 6.08 Å². The van der Waals surface area contributed by atoms with Crippen molar-refractivity contribution >= 4 is 17.5 Å². The van der Waals surface area contributed by atoms with E-state index in [4.69, 9.17) is 14.2 Å². The minimum atomic E-state index is -0.222. The third-order valence-corrected chi connectivity index (χ3v) is 5.39. The van der Waals surface area contributed by atoms with E-state index in [1.54, 1.807) is 45.6 Å². The Morgan fingerprint density at radius 3 is 2.13 bits per heavy atom. The van der Waals surface area contributed by atoms with Crippen LogP contribution in [-0.4, -0.2) is 64.7 Å². The molecule has 1 heterocycles. The summed E-state index contributed by atoms with van der Waals surface area (Å²) in [6.45, 7) is 4.19. The first-order valence-electron chi connectivity index (χ1n) is 10.3. The van der Waals surface area contributed by atoms with Crippen LogP contribution >= 0.6 is 0 Å². The molecule has 0 bridgehead atoms. The molecule has 6 nitrogen and oxygen atoms in total. The van der Waals surface area contributed by atoms with Gasteiger partial charge in [0.25, 0.3) is 0 Å². The lowest BCUT2D eigenvalue weighted by atomic mass is 10.1. The number of nitrogens with zero attached hydrogens (tertiary/aromatic N) is 2. The van der Waals surface area contributed by atoms with Crippen LogP contribution in [0.15, 0.2) is 42.5 Å². The number of ether oxygens (including phenoxy) is 3. The molecule has 0 saturated carbocycles. The summed E-state index contributed by atoms with van der Waals surface area (Å²) in [6, 6.07) is 10.2. The zero-order valence-electron chi connectivity index (χ0n) is 18.3. The van der Waals surface area contributed by atoms with Gasteiger partial charge in [-0.15, -0.1) is 0 Å². The highest BCUT2D eigenvalue weighted by atomic mass is 19.1. The number of hydrogen-bond acceptors (Lipinski definition) is 6. The SMILES string of the molecule is COc1cc(/C=C/C(=O)CCN2CCN(c3ccc(F)cc3)CC2)cc(OC)c1OC. The normalized spacial score (nSPS) is 14.6. The van der Waals surface area contributed by atoms with E-state index in [0.29, 0.717) is 23.7 Å². The largest absolute Gasteiger partial charge is 0.493 e. The van der Waals surface area contributed by atoms with E-state index < -0.39 is 0 Å². The minimum absolute atomic E-state index is 0.0646. The molecule has 2 aromatic carbocycles. The van der Waals surface area contributed by atoms with Gasteiger partial charge in [-0.3, -0.25) is 9.69 Å². The Bertz CT molecular complexity index is 881. The molecule has 0 radical (unpaired) electrons. The molecule has 1 aliphatic heterocycles. The maximum atomic E-state index is 13.1. The van der Waals surface area contributed by atoms with Crippen LogP contribution in [0, 0.1) is 5.82 Å². The average molecular weight is 429 g/mol. The molecule has 0 aliphatic carbocycles. The Labute approximate surface area is 182 Å². The number of piperazine rings is 1. The summed E-state index contributed by atoms with van der Waals surface area (Å²) in [7, 11) is 4.68. The second-order valence-electron chi connectivity index (χ2n) is 7.31. The first-order valence-corrected chi connectivity index (χ1v) is 10.3. The summed E-state index contributed by atoms with van der Waals surface area (Å²) in [5.41, 5.74) is 1.83. The van der Waals surface area contributed by atoms with Gasteiger partial charge in [0.15, 0.2) is 17.3 Å². The fourth-order valence-corrected chi connectivity index (χ4v) is 3.62. The van der Waals surface area contributed by atoms with Gasteiger partial charge in [-0.05, 0) is 48.0 Å². The molecule has 2 aromatic rings. The van der Waals surface area contributed by atoms with Gasteiger partial charge in [0, 0.05) is 44.8 Å². The lowest BCUT2D eigenvalue weighted by Crippen LogP contribution is -2.46. The number of allylic oxidation sites excluding steroid dienone is 1. The molecule has 7 heteroatoms. The maximum Gasteiger partial charge on any atom is 0.203 e. The molecule has 31 heavy (non-hydrogen) atoms. The predicted molar refractivity (Wildman–Crippen MR) is 120 cm³/mol. The molecule has 0 spiro atoms. The van der Waals surface area contributed by atoms with E-state index in [1.165, 1.54) is 12.1 Å². The Morgan fingerprint density at radius 2 is 1.58 bits per heavy atom. The molecule has 0 unspecified atom stereocenters. The molecule has 166 valence electrons. The predicted octanol–water partition coefficient (Wildman–Crippen LogP) is 3.65. The molecular formula is C24H29FN2O4. The van der Waals surface area contributed by atoms with Gasteiger partial charge in [0.2, 0.25) is 5.75 Å². The first-order chi connectivity index (χ1) is 15.0. The van der Waals surface area contributed by atoms with Gasteiger partial charge in [-0.1, -0.05) is 6.08 Å². The van der Waals surface area contributed by atoms with Crippen LogP contribution in [0.5, 0.6) is 17.2 Å². The molecule has 0 N–H and O–H groups in total. The summed E-state index contributed by atoms with van der Waals surface area (Å²) in [5.74, 6) is 1.46. The second kappa shape index (κ2) is 10.8. The smallest absolute Gasteiger partial charge is 0.203 e. The summed E-state index contributed by atoms with van der Waals surface area (Å²) in [5, 5.41) is 0. The van der Waals surface area contributed by atoms with Crippen molar-refractivity contribution in [3.8, 4) is 17.2 Å². The fraction of sp³-hybridized carbons (Fsp3) is 0.375. The van der Waals surface area contributed by atoms with Crippen molar-refractivity contribution in [2.24, 2.45) is 0 Å². The summed E-state index contributed by atoms with van der Waals surface area (Å²) in [4.78, 5) is 16.9. The highest BCUT2D eigenvalue weighted by molar-refractivity contribution is 5.93. The molecule has 1 aliphatic rings. The summed E-state index contributed by atoms with van der Waals surface area (Å²) >= 11 is 0. The average Bonchev–Trinajstić information content (AvgIpc) is 2.81. The van der Waals surface area contributed by atoms with Crippen molar-refractivity contribution in [1.29, 1.82) is 0 Å². The molecule has 0 atom stereocenters. The van der Waals surface area contributed by atoms with Crippen LogP contribution in [0.4, 0.5) is 10.1 Å². The van der Waals surface area contributed by atoms with E-state index in [1.807, 2.05) is 12.1 Å². The van der Waals surface area contributed by atoms with E-state index in [0.717, 1.165) is 44.0 Å². The Balaban J connectivity index is 1.49. The Kier molecular flexibility index (Phi) is 7.89. The third kappa shape index (κ3) is 5.98. The van der Waals surface area contributed by atoms with Gasteiger partial charge >= 0.3 is 0 Å². The van der Waals surface area contributed by atoms with E-state index in [2.05, 4.69) is 9.80 Å². The van der Waals surface area contributed by atoms with Gasteiger partial charge in [0.1, 0.15) is 5.82 Å². The number of anilines is 1. The van der Waals surface area contributed by atoms with Crippen molar-refractivity contribution in [3.05, 3.63) is 53.9 Å². The highest BCUT2D eigenvalue weighted by Crippen LogP contribution is 2.38. The van der Waals surface area contributed by atoms with Gasteiger partial charge < -0.3 is 19.1 Å². The van der Waals surface area contributed by atoms with Gasteiger partial charge in [-0.25, -0.2) is 4.39 Å².